The van der Waals surface area contributed by atoms with Crippen molar-refractivity contribution < 1.29 is 0 Å². The maximum absolute atomic E-state index is 5.77. The van der Waals surface area contributed by atoms with E-state index in [0.29, 0.717) is 12.6 Å². The quantitative estimate of drug-likeness (QED) is 0.900. The van der Waals surface area contributed by atoms with Gasteiger partial charge in [0, 0.05) is 11.3 Å². The lowest BCUT2D eigenvalue weighted by atomic mass is 9.87. The summed E-state index contributed by atoms with van der Waals surface area (Å²) in [5.74, 6) is 1.88. The molecule has 0 radical (unpaired) electrons. The maximum atomic E-state index is 5.77. The minimum atomic E-state index is 0.506. The van der Waals surface area contributed by atoms with Gasteiger partial charge < -0.3 is 10.3 Å². The van der Waals surface area contributed by atoms with Gasteiger partial charge >= 0.3 is 0 Å². The van der Waals surface area contributed by atoms with Gasteiger partial charge in [0.25, 0.3) is 0 Å². The highest BCUT2D eigenvalue weighted by Gasteiger charge is 2.31. The molecule has 2 aliphatic carbocycles. The molecule has 106 valence electrons. The molecule has 0 aliphatic heterocycles. The predicted octanol–water partition coefficient (Wildman–Crippen LogP) is 3.13. The van der Waals surface area contributed by atoms with Crippen LogP contribution in [0.2, 0.25) is 0 Å². The molecule has 0 saturated heterocycles. The lowest BCUT2D eigenvalue weighted by molar-refractivity contribution is 0.357. The molecule has 1 aromatic rings. The highest BCUT2D eigenvalue weighted by Crippen LogP contribution is 2.42. The van der Waals surface area contributed by atoms with Crippen molar-refractivity contribution in [3.63, 3.8) is 0 Å². The molecule has 2 atom stereocenters. The molecule has 0 aromatic carbocycles. The van der Waals surface area contributed by atoms with Crippen LogP contribution in [-0.4, -0.2) is 20.0 Å². The molecule has 3 rings (SSSR count). The van der Waals surface area contributed by atoms with Gasteiger partial charge in [0.2, 0.25) is 0 Å². The van der Waals surface area contributed by atoms with Gasteiger partial charge in [0.15, 0.2) is 5.16 Å². The number of aromatic nitrogens is 3. The molecular formula is C14H24N4S. The van der Waals surface area contributed by atoms with Gasteiger partial charge in [-0.2, -0.15) is 0 Å². The summed E-state index contributed by atoms with van der Waals surface area (Å²) < 4.78 is 2.31. The fourth-order valence-electron chi connectivity index (χ4n) is 3.10. The molecule has 5 heteroatoms. The largest absolute Gasteiger partial charge is 0.324 e. The fourth-order valence-corrected chi connectivity index (χ4v) is 4.50. The first kappa shape index (κ1) is 13.4. The Morgan fingerprint density at radius 3 is 2.79 bits per heavy atom. The van der Waals surface area contributed by atoms with Crippen LogP contribution in [0.1, 0.15) is 63.7 Å². The van der Waals surface area contributed by atoms with Crippen LogP contribution in [0.25, 0.3) is 0 Å². The van der Waals surface area contributed by atoms with Crippen LogP contribution in [0.4, 0.5) is 0 Å². The Morgan fingerprint density at radius 1 is 1.26 bits per heavy atom. The Morgan fingerprint density at radius 2 is 2.11 bits per heavy atom. The topological polar surface area (TPSA) is 56.7 Å². The first-order valence-electron chi connectivity index (χ1n) is 7.62. The number of nitrogens with zero attached hydrogens (tertiary/aromatic N) is 3. The normalized spacial score (nSPS) is 27.7. The van der Waals surface area contributed by atoms with E-state index in [4.69, 9.17) is 5.73 Å². The summed E-state index contributed by atoms with van der Waals surface area (Å²) in [4.78, 5) is 0. The van der Waals surface area contributed by atoms with Crippen LogP contribution < -0.4 is 5.73 Å². The highest BCUT2D eigenvalue weighted by atomic mass is 32.2. The molecule has 2 N–H and O–H groups in total. The summed E-state index contributed by atoms with van der Waals surface area (Å²) in [5, 5.41) is 10.5. The zero-order chi connectivity index (χ0) is 13.2. The Kier molecular flexibility index (Phi) is 4.12. The number of nitrogens with two attached hydrogens (primary N) is 1. The van der Waals surface area contributed by atoms with Crippen molar-refractivity contribution in [2.75, 3.05) is 0 Å². The zero-order valence-electron chi connectivity index (χ0n) is 11.7. The summed E-state index contributed by atoms with van der Waals surface area (Å²) in [6.45, 7) is 2.82. The molecule has 2 aliphatic rings. The second-order valence-electron chi connectivity index (χ2n) is 5.88. The Bertz CT molecular complexity index is 427. The van der Waals surface area contributed by atoms with E-state index in [2.05, 4.69) is 21.7 Å². The molecule has 19 heavy (non-hydrogen) atoms. The van der Waals surface area contributed by atoms with Crippen molar-refractivity contribution in [2.45, 2.75) is 74.9 Å². The van der Waals surface area contributed by atoms with E-state index in [1.54, 1.807) is 0 Å². The van der Waals surface area contributed by atoms with Gasteiger partial charge in [-0.15, -0.1) is 10.2 Å². The predicted molar refractivity (Wildman–Crippen MR) is 78.1 cm³/mol. The molecule has 0 amide bonds. The van der Waals surface area contributed by atoms with Crippen LogP contribution in [-0.2, 0) is 6.54 Å². The second-order valence-corrected chi connectivity index (χ2v) is 7.15. The van der Waals surface area contributed by atoms with Gasteiger partial charge in [-0.25, -0.2) is 0 Å². The van der Waals surface area contributed by atoms with E-state index in [9.17, 15) is 0 Å². The van der Waals surface area contributed by atoms with E-state index in [1.165, 1.54) is 44.9 Å². The first-order valence-corrected chi connectivity index (χ1v) is 8.50. The van der Waals surface area contributed by atoms with Gasteiger partial charge in [-0.1, -0.05) is 37.9 Å². The monoisotopic (exact) mass is 280 g/mol. The van der Waals surface area contributed by atoms with Crippen molar-refractivity contribution in [1.82, 2.24) is 14.8 Å². The molecule has 2 fully saturated rings. The average Bonchev–Trinajstić information content (AvgIpc) is 3.21. The molecule has 0 bridgehead atoms. The molecule has 0 spiro atoms. The number of hydrogen-bond donors (Lipinski definition) is 1. The summed E-state index contributed by atoms with van der Waals surface area (Å²) in [7, 11) is 0. The zero-order valence-corrected chi connectivity index (χ0v) is 12.5. The molecule has 1 aromatic heterocycles. The smallest absolute Gasteiger partial charge is 0.191 e. The van der Waals surface area contributed by atoms with Crippen molar-refractivity contribution in [3.05, 3.63) is 5.82 Å². The third-order valence-electron chi connectivity index (χ3n) is 4.41. The van der Waals surface area contributed by atoms with E-state index in [-0.39, 0.29) is 0 Å². The second kappa shape index (κ2) is 5.83. The Labute approximate surface area is 119 Å². The number of rotatable bonds is 5. The van der Waals surface area contributed by atoms with Crippen molar-refractivity contribution >= 4 is 11.8 Å². The van der Waals surface area contributed by atoms with Crippen LogP contribution in [0.15, 0.2) is 5.16 Å². The van der Waals surface area contributed by atoms with Crippen molar-refractivity contribution in [1.29, 1.82) is 0 Å². The fraction of sp³-hybridized carbons (Fsp3) is 0.857. The summed E-state index contributed by atoms with van der Waals surface area (Å²) in [6, 6.07) is 0.626. The minimum absolute atomic E-state index is 0.506. The third-order valence-corrected chi connectivity index (χ3v) is 5.66. The SMILES string of the molecule is CCC1CCCC(Sc2nnc(CN)n2C2CC2)C1. The lowest BCUT2D eigenvalue weighted by Crippen LogP contribution is -2.17. The third kappa shape index (κ3) is 2.97. The molecule has 1 heterocycles. The molecule has 2 saturated carbocycles. The summed E-state index contributed by atoms with van der Waals surface area (Å²) in [5.41, 5.74) is 5.77. The molecular weight excluding hydrogens is 256 g/mol. The standard InChI is InChI=1S/C14H24N4S/c1-2-10-4-3-5-12(8-10)19-14-17-16-13(9-15)18(14)11-6-7-11/h10-12H,2-9,15H2,1H3. The first-order chi connectivity index (χ1) is 9.31. The number of hydrogen-bond acceptors (Lipinski definition) is 4. The summed E-state index contributed by atoms with van der Waals surface area (Å²) in [6.07, 6.45) is 9.31. The van der Waals surface area contributed by atoms with Gasteiger partial charge in [-0.05, 0) is 31.6 Å². The van der Waals surface area contributed by atoms with Gasteiger partial charge in [0.1, 0.15) is 5.82 Å². The Balaban J connectivity index is 1.70. The minimum Gasteiger partial charge on any atom is -0.324 e. The van der Waals surface area contributed by atoms with E-state index < -0.39 is 0 Å². The van der Waals surface area contributed by atoms with Crippen molar-refractivity contribution in [2.24, 2.45) is 11.7 Å². The van der Waals surface area contributed by atoms with Crippen molar-refractivity contribution in [3.8, 4) is 0 Å². The van der Waals surface area contributed by atoms with Gasteiger partial charge in [0.05, 0.1) is 6.54 Å². The highest BCUT2D eigenvalue weighted by molar-refractivity contribution is 7.99. The number of thioether (sulfide) groups is 1. The molecule has 4 nitrogen and oxygen atoms in total. The van der Waals surface area contributed by atoms with E-state index >= 15 is 0 Å². The average molecular weight is 280 g/mol. The lowest BCUT2D eigenvalue weighted by Gasteiger charge is -2.27. The van der Waals surface area contributed by atoms with Crippen LogP contribution in [0.5, 0.6) is 0 Å². The summed E-state index contributed by atoms with van der Waals surface area (Å²) >= 11 is 1.95. The van der Waals surface area contributed by atoms with Crippen LogP contribution in [0, 0.1) is 5.92 Å². The van der Waals surface area contributed by atoms with E-state index in [0.717, 1.165) is 22.1 Å². The van der Waals surface area contributed by atoms with Crippen LogP contribution in [0.3, 0.4) is 0 Å². The van der Waals surface area contributed by atoms with Gasteiger partial charge in [-0.3, -0.25) is 0 Å². The molecule has 2 unspecified atom stereocenters. The Hall–Kier alpha value is -0.550. The van der Waals surface area contributed by atoms with E-state index in [1.807, 2.05) is 11.8 Å². The maximum Gasteiger partial charge on any atom is 0.191 e. The van der Waals surface area contributed by atoms with Crippen LogP contribution >= 0.6 is 11.8 Å².